The highest BCUT2D eigenvalue weighted by Crippen LogP contribution is 2.31. The van der Waals surface area contributed by atoms with Gasteiger partial charge >= 0.3 is 0 Å². The van der Waals surface area contributed by atoms with E-state index in [4.69, 9.17) is 10.5 Å². The van der Waals surface area contributed by atoms with Crippen molar-refractivity contribution in [3.8, 4) is 0 Å². The number of nitrogens with zero attached hydrogens (tertiary/aromatic N) is 1. The Hall–Kier alpha value is -0.120. The van der Waals surface area contributed by atoms with E-state index >= 15 is 0 Å². The van der Waals surface area contributed by atoms with Crippen molar-refractivity contribution in [2.75, 3.05) is 20.2 Å². The molecule has 2 fully saturated rings. The van der Waals surface area contributed by atoms with Gasteiger partial charge in [0.15, 0.2) is 0 Å². The summed E-state index contributed by atoms with van der Waals surface area (Å²) in [6, 6.07) is 1.34. The number of hydrogen-bond acceptors (Lipinski definition) is 3. The van der Waals surface area contributed by atoms with Crippen LogP contribution in [0.3, 0.4) is 0 Å². The monoisotopic (exact) mass is 240 g/mol. The number of hydrogen-bond donors (Lipinski definition) is 1. The molecule has 3 heteroatoms. The number of rotatable bonds is 3. The summed E-state index contributed by atoms with van der Waals surface area (Å²) in [5, 5.41) is 0. The first kappa shape index (κ1) is 13.3. The SMILES string of the molecule is COC1CCN(C2CCC(C)CC2)C(CN)C1. The molecule has 0 radical (unpaired) electrons. The number of piperidine rings is 1. The van der Waals surface area contributed by atoms with Crippen LogP contribution in [0.15, 0.2) is 0 Å². The first-order chi connectivity index (χ1) is 8.24. The predicted octanol–water partition coefficient (Wildman–Crippen LogP) is 2.00. The zero-order valence-electron chi connectivity index (χ0n) is 11.4. The molecule has 1 aliphatic carbocycles. The topological polar surface area (TPSA) is 38.5 Å². The first-order valence-electron chi connectivity index (χ1n) is 7.23. The van der Waals surface area contributed by atoms with Crippen LogP contribution in [0.5, 0.6) is 0 Å². The molecule has 1 heterocycles. The molecule has 1 saturated heterocycles. The Balaban J connectivity index is 1.90. The van der Waals surface area contributed by atoms with E-state index in [-0.39, 0.29) is 0 Å². The zero-order valence-corrected chi connectivity index (χ0v) is 11.4. The lowest BCUT2D eigenvalue weighted by Gasteiger charge is -2.45. The van der Waals surface area contributed by atoms with Gasteiger partial charge in [-0.2, -0.15) is 0 Å². The first-order valence-corrected chi connectivity index (χ1v) is 7.23. The van der Waals surface area contributed by atoms with Crippen LogP contribution < -0.4 is 5.73 Å². The molecular formula is C14H28N2O. The average Bonchev–Trinajstić information content (AvgIpc) is 2.39. The molecule has 3 nitrogen and oxygen atoms in total. The molecular weight excluding hydrogens is 212 g/mol. The Morgan fingerprint density at radius 3 is 2.47 bits per heavy atom. The Kier molecular flexibility index (Phi) is 4.83. The highest BCUT2D eigenvalue weighted by molar-refractivity contribution is 4.89. The van der Waals surface area contributed by atoms with Gasteiger partial charge in [0.05, 0.1) is 6.10 Å². The van der Waals surface area contributed by atoms with Crippen LogP contribution in [0.4, 0.5) is 0 Å². The molecule has 0 aromatic heterocycles. The normalized spacial score (nSPS) is 40.4. The van der Waals surface area contributed by atoms with Crippen molar-refractivity contribution in [2.24, 2.45) is 11.7 Å². The highest BCUT2D eigenvalue weighted by Gasteiger charge is 2.33. The van der Waals surface area contributed by atoms with Gasteiger partial charge in [-0.15, -0.1) is 0 Å². The molecule has 17 heavy (non-hydrogen) atoms. The molecule has 0 bridgehead atoms. The molecule has 1 saturated carbocycles. The Morgan fingerprint density at radius 2 is 1.88 bits per heavy atom. The number of methoxy groups -OCH3 is 1. The van der Waals surface area contributed by atoms with E-state index in [0.29, 0.717) is 12.1 Å². The third kappa shape index (κ3) is 3.21. The van der Waals surface area contributed by atoms with E-state index in [0.717, 1.165) is 24.9 Å². The van der Waals surface area contributed by atoms with Crippen LogP contribution in [-0.4, -0.2) is 43.3 Å². The van der Waals surface area contributed by atoms with Crippen molar-refractivity contribution in [3.63, 3.8) is 0 Å². The van der Waals surface area contributed by atoms with Gasteiger partial charge in [0.1, 0.15) is 0 Å². The summed E-state index contributed by atoms with van der Waals surface area (Å²) in [5.41, 5.74) is 5.95. The second-order valence-corrected chi connectivity index (χ2v) is 5.92. The molecule has 2 unspecified atom stereocenters. The molecule has 2 atom stereocenters. The predicted molar refractivity (Wildman–Crippen MR) is 71.0 cm³/mol. The minimum absolute atomic E-state index is 0.433. The van der Waals surface area contributed by atoms with E-state index in [1.54, 1.807) is 0 Å². The molecule has 1 aliphatic heterocycles. The van der Waals surface area contributed by atoms with E-state index in [9.17, 15) is 0 Å². The third-order valence-corrected chi connectivity index (χ3v) is 4.77. The third-order valence-electron chi connectivity index (χ3n) is 4.77. The summed E-state index contributed by atoms with van der Waals surface area (Å²) in [4.78, 5) is 2.68. The van der Waals surface area contributed by atoms with Crippen molar-refractivity contribution in [3.05, 3.63) is 0 Å². The van der Waals surface area contributed by atoms with E-state index in [1.807, 2.05) is 7.11 Å². The van der Waals surface area contributed by atoms with Gasteiger partial charge in [0.2, 0.25) is 0 Å². The zero-order chi connectivity index (χ0) is 12.3. The largest absolute Gasteiger partial charge is 0.381 e. The van der Waals surface area contributed by atoms with Crippen molar-refractivity contribution < 1.29 is 4.74 Å². The summed E-state index contributed by atoms with van der Waals surface area (Å²) in [6.07, 6.45) is 8.27. The lowest BCUT2D eigenvalue weighted by atomic mass is 9.84. The standard InChI is InChI=1S/C14H28N2O/c1-11-3-5-12(6-4-11)16-8-7-14(17-2)9-13(16)10-15/h11-14H,3-10,15H2,1-2H3. The molecule has 0 spiro atoms. The summed E-state index contributed by atoms with van der Waals surface area (Å²) in [7, 11) is 1.83. The van der Waals surface area contributed by atoms with Crippen molar-refractivity contribution in [1.29, 1.82) is 0 Å². The lowest BCUT2D eigenvalue weighted by molar-refractivity contribution is -0.0133. The van der Waals surface area contributed by atoms with Crippen molar-refractivity contribution >= 4 is 0 Å². The minimum Gasteiger partial charge on any atom is -0.381 e. The summed E-state index contributed by atoms with van der Waals surface area (Å²) >= 11 is 0. The highest BCUT2D eigenvalue weighted by atomic mass is 16.5. The molecule has 2 aliphatic rings. The van der Waals surface area contributed by atoms with E-state index < -0.39 is 0 Å². The van der Waals surface area contributed by atoms with Crippen LogP contribution >= 0.6 is 0 Å². The van der Waals surface area contributed by atoms with Crippen molar-refractivity contribution in [1.82, 2.24) is 4.90 Å². The summed E-state index contributed by atoms with van der Waals surface area (Å²) in [6.45, 7) is 4.35. The fourth-order valence-electron chi connectivity index (χ4n) is 3.53. The molecule has 0 amide bonds. The van der Waals surface area contributed by atoms with Gasteiger partial charge in [0.25, 0.3) is 0 Å². The lowest BCUT2D eigenvalue weighted by Crippen LogP contribution is -2.53. The molecule has 0 aromatic rings. The van der Waals surface area contributed by atoms with Gasteiger partial charge in [-0.1, -0.05) is 6.92 Å². The fraction of sp³-hybridized carbons (Fsp3) is 1.00. The number of ether oxygens (including phenoxy) is 1. The summed E-state index contributed by atoms with van der Waals surface area (Å²) < 4.78 is 5.49. The maximum atomic E-state index is 5.95. The molecule has 2 rings (SSSR count). The quantitative estimate of drug-likeness (QED) is 0.820. The van der Waals surface area contributed by atoms with Crippen LogP contribution in [0.25, 0.3) is 0 Å². The Bertz CT molecular complexity index is 224. The smallest absolute Gasteiger partial charge is 0.0599 e. The van der Waals surface area contributed by atoms with Crippen LogP contribution in [-0.2, 0) is 4.74 Å². The van der Waals surface area contributed by atoms with Crippen LogP contribution in [0.1, 0.15) is 45.4 Å². The van der Waals surface area contributed by atoms with Gasteiger partial charge < -0.3 is 10.5 Å². The maximum Gasteiger partial charge on any atom is 0.0599 e. The maximum absolute atomic E-state index is 5.95. The average molecular weight is 240 g/mol. The van der Waals surface area contributed by atoms with Gasteiger partial charge in [-0.05, 0) is 44.4 Å². The van der Waals surface area contributed by atoms with Gasteiger partial charge in [-0.25, -0.2) is 0 Å². The van der Waals surface area contributed by atoms with E-state index in [1.165, 1.54) is 38.6 Å². The second-order valence-electron chi connectivity index (χ2n) is 5.92. The van der Waals surface area contributed by atoms with Crippen molar-refractivity contribution in [2.45, 2.75) is 63.6 Å². The molecule has 0 aromatic carbocycles. The minimum atomic E-state index is 0.433. The fourth-order valence-corrected chi connectivity index (χ4v) is 3.53. The van der Waals surface area contributed by atoms with Crippen LogP contribution in [0.2, 0.25) is 0 Å². The Morgan fingerprint density at radius 1 is 1.18 bits per heavy atom. The Labute approximate surface area is 106 Å². The van der Waals surface area contributed by atoms with Gasteiger partial charge in [-0.3, -0.25) is 4.90 Å². The molecule has 2 N–H and O–H groups in total. The van der Waals surface area contributed by atoms with Gasteiger partial charge in [0, 0.05) is 32.3 Å². The summed E-state index contributed by atoms with van der Waals surface area (Å²) in [5.74, 6) is 0.930. The number of likely N-dealkylation sites (tertiary alicyclic amines) is 1. The second kappa shape index (κ2) is 6.17. The van der Waals surface area contributed by atoms with Crippen LogP contribution in [0, 0.1) is 5.92 Å². The molecule has 100 valence electrons. The number of nitrogens with two attached hydrogens (primary N) is 1. The van der Waals surface area contributed by atoms with E-state index in [2.05, 4.69) is 11.8 Å².